The summed E-state index contributed by atoms with van der Waals surface area (Å²) in [6.07, 6.45) is 0.339. The molecule has 116 valence electrons. The zero-order valence-corrected chi connectivity index (χ0v) is 12.4. The Bertz CT molecular complexity index is 658. The van der Waals surface area contributed by atoms with Crippen molar-refractivity contribution in [3.63, 3.8) is 0 Å². The van der Waals surface area contributed by atoms with Crippen molar-refractivity contribution in [1.82, 2.24) is 5.32 Å². The lowest BCUT2D eigenvalue weighted by molar-refractivity contribution is -0.125. The van der Waals surface area contributed by atoms with Crippen molar-refractivity contribution in [3.05, 3.63) is 18.2 Å². The van der Waals surface area contributed by atoms with Gasteiger partial charge in [-0.1, -0.05) is 0 Å². The van der Waals surface area contributed by atoms with Crippen LogP contribution in [0.1, 0.15) is 19.8 Å². The Balaban J connectivity index is 1.78. The van der Waals surface area contributed by atoms with Crippen LogP contribution in [0, 0.1) is 0 Å². The Labute approximate surface area is 127 Å². The number of carbonyl (C=O) groups is 3. The fraction of sp³-hybridized carbons (Fsp3) is 0.400. The maximum Gasteiger partial charge on any atom is 0.267 e. The molecule has 0 radical (unpaired) electrons. The van der Waals surface area contributed by atoms with Gasteiger partial charge in [0, 0.05) is 19.2 Å². The molecule has 22 heavy (non-hydrogen) atoms. The quantitative estimate of drug-likeness (QED) is 0.839. The third-order valence-electron chi connectivity index (χ3n) is 3.88. The number of ether oxygens (including phenoxy) is 1. The number of rotatable bonds is 2. The van der Waals surface area contributed by atoms with Gasteiger partial charge in [0.15, 0.2) is 6.10 Å². The molecule has 1 aromatic carbocycles. The minimum Gasteiger partial charge on any atom is -0.479 e. The summed E-state index contributed by atoms with van der Waals surface area (Å²) in [6, 6.07) is 4.62. The molecule has 0 aromatic heterocycles. The van der Waals surface area contributed by atoms with Crippen LogP contribution in [0.5, 0.6) is 5.75 Å². The van der Waals surface area contributed by atoms with Crippen molar-refractivity contribution >= 4 is 29.1 Å². The molecule has 2 N–H and O–H groups in total. The number of nitrogens with zero attached hydrogens (tertiary/aromatic N) is 1. The molecule has 2 atom stereocenters. The number of nitrogens with one attached hydrogen (secondary N) is 2. The monoisotopic (exact) mass is 303 g/mol. The van der Waals surface area contributed by atoms with Crippen molar-refractivity contribution in [2.24, 2.45) is 0 Å². The first-order chi connectivity index (χ1) is 10.5. The molecule has 0 spiro atoms. The second kappa shape index (κ2) is 5.32. The van der Waals surface area contributed by atoms with E-state index in [0.29, 0.717) is 30.0 Å². The molecular weight excluding hydrogens is 286 g/mol. The van der Waals surface area contributed by atoms with Crippen LogP contribution < -0.4 is 20.3 Å². The lowest BCUT2D eigenvalue weighted by atomic mass is 10.1. The minimum absolute atomic E-state index is 0.113. The van der Waals surface area contributed by atoms with Gasteiger partial charge < -0.3 is 20.3 Å². The normalized spacial score (nSPS) is 23.6. The van der Waals surface area contributed by atoms with Crippen LogP contribution in [-0.2, 0) is 14.4 Å². The van der Waals surface area contributed by atoms with Crippen LogP contribution in [0.25, 0.3) is 0 Å². The lowest BCUT2D eigenvalue weighted by Gasteiger charge is -2.30. The number of carbonyl (C=O) groups excluding carboxylic acids is 3. The number of anilines is 2. The first kappa shape index (κ1) is 14.4. The number of amides is 3. The average molecular weight is 303 g/mol. The molecular formula is C15H17N3O4. The highest BCUT2D eigenvalue weighted by atomic mass is 16.5. The van der Waals surface area contributed by atoms with E-state index in [1.807, 2.05) is 0 Å². The molecule has 3 amide bonds. The molecule has 1 fully saturated rings. The summed E-state index contributed by atoms with van der Waals surface area (Å²) in [5, 5.41) is 5.37. The van der Waals surface area contributed by atoms with Crippen molar-refractivity contribution in [2.45, 2.75) is 31.9 Å². The van der Waals surface area contributed by atoms with Crippen molar-refractivity contribution in [2.75, 3.05) is 17.3 Å². The zero-order valence-electron chi connectivity index (χ0n) is 12.4. The van der Waals surface area contributed by atoms with Gasteiger partial charge in [0.1, 0.15) is 11.8 Å². The van der Waals surface area contributed by atoms with Gasteiger partial charge in [0.05, 0.1) is 5.69 Å². The van der Waals surface area contributed by atoms with Crippen LogP contribution in [0.2, 0.25) is 0 Å². The van der Waals surface area contributed by atoms with E-state index in [-0.39, 0.29) is 17.7 Å². The van der Waals surface area contributed by atoms with Gasteiger partial charge in [0.2, 0.25) is 11.8 Å². The summed E-state index contributed by atoms with van der Waals surface area (Å²) in [7, 11) is 1.67. The number of benzene rings is 1. The van der Waals surface area contributed by atoms with E-state index < -0.39 is 12.1 Å². The molecule has 7 nitrogen and oxygen atoms in total. The van der Waals surface area contributed by atoms with Gasteiger partial charge in [-0.25, -0.2) is 0 Å². The Kier molecular flexibility index (Phi) is 3.48. The van der Waals surface area contributed by atoms with E-state index in [1.165, 1.54) is 4.90 Å². The van der Waals surface area contributed by atoms with Crippen LogP contribution in [-0.4, -0.2) is 36.9 Å². The molecule has 0 aliphatic carbocycles. The Morgan fingerprint density at radius 1 is 1.41 bits per heavy atom. The molecule has 2 aliphatic heterocycles. The molecule has 0 saturated carbocycles. The molecule has 2 aliphatic rings. The number of fused-ring (bicyclic) bond motifs is 1. The van der Waals surface area contributed by atoms with Crippen molar-refractivity contribution in [1.29, 1.82) is 0 Å². The summed E-state index contributed by atoms with van der Waals surface area (Å²) in [5.41, 5.74) is 1.17. The Hall–Kier alpha value is -2.57. The number of hydrogen-bond donors (Lipinski definition) is 2. The van der Waals surface area contributed by atoms with E-state index in [0.717, 1.165) is 0 Å². The molecule has 7 heteroatoms. The van der Waals surface area contributed by atoms with Crippen LogP contribution in [0.3, 0.4) is 0 Å². The summed E-state index contributed by atoms with van der Waals surface area (Å²) in [4.78, 5) is 36.7. The Morgan fingerprint density at radius 2 is 2.18 bits per heavy atom. The maximum absolute atomic E-state index is 12.1. The van der Waals surface area contributed by atoms with E-state index in [2.05, 4.69) is 10.6 Å². The van der Waals surface area contributed by atoms with E-state index in [1.54, 1.807) is 32.2 Å². The summed E-state index contributed by atoms with van der Waals surface area (Å²) >= 11 is 0. The summed E-state index contributed by atoms with van der Waals surface area (Å²) < 4.78 is 5.53. The lowest BCUT2D eigenvalue weighted by Crippen LogP contribution is -2.42. The summed E-state index contributed by atoms with van der Waals surface area (Å²) in [6.45, 7) is 1.69. The van der Waals surface area contributed by atoms with Crippen LogP contribution >= 0.6 is 0 Å². The van der Waals surface area contributed by atoms with E-state index >= 15 is 0 Å². The zero-order chi connectivity index (χ0) is 15.9. The minimum atomic E-state index is -0.522. The molecule has 1 aromatic rings. The number of hydrogen-bond acceptors (Lipinski definition) is 4. The summed E-state index contributed by atoms with van der Waals surface area (Å²) in [5.74, 6) is 0.0870. The largest absolute Gasteiger partial charge is 0.479 e. The molecule has 2 unspecified atom stereocenters. The van der Waals surface area contributed by atoms with E-state index in [9.17, 15) is 14.4 Å². The first-order valence-electron chi connectivity index (χ1n) is 7.14. The topological polar surface area (TPSA) is 87.7 Å². The van der Waals surface area contributed by atoms with Crippen molar-refractivity contribution in [3.8, 4) is 5.75 Å². The second-order valence-electron chi connectivity index (χ2n) is 5.49. The van der Waals surface area contributed by atoms with Crippen molar-refractivity contribution < 1.29 is 19.1 Å². The van der Waals surface area contributed by atoms with Crippen LogP contribution in [0.4, 0.5) is 11.4 Å². The van der Waals surface area contributed by atoms with Gasteiger partial charge in [-0.05, 0) is 31.5 Å². The van der Waals surface area contributed by atoms with Crippen LogP contribution in [0.15, 0.2) is 18.2 Å². The van der Waals surface area contributed by atoms with Gasteiger partial charge >= 0.3 is 0 Å². The SMILES string of the molecule is CC1Oc2ccc(NC(=O)C3CCC(=O)N3)cc2N(C)C1=O. The molecule has 0 bridgehead atoms. The highest BCUT2D eigenvalue weighted by Gasteiger charge is 2.30. The van der Waals surface area contributed by atoms with E-state index in [4.69, 9.17) is 4.74 Å². The highest BCUT2D eigenvalue weighted by molar-refractivity contribution is 6.02. The van der Waals surface area contributed by atoms with Gasteiger partial charge in [-0.15, -0.1) is 0 Å². The standard InChI is InChI=1S/C15H17N3O4/c1-8-15(21)18(2)11-7-9(3-5-12(11)22-8)16-14(20)10-4-6-13(19)17-10/h3,5,7-8,10H,4,6H2,1-2H3,(H,16,20)(H,17,19). The fourth-order valence-corrected chi connectivity index (χ4v) is 2.63. The predicted molar refractivity (Wildman–Crippen MR) is 79.7 cm³/mol. The van der Waals surface area contributed by atoms with Gasteiger partial charge in [0.25, 0.3) is 5.91 Å². The maximum atomic E-state index is 12.1. The molecule has 3 rings (SSSR count). The predicted octanol–water partition coefficient (Wildman–Crippen LogP) is 0.647. The molecule has 1 saturated heterocycles. The smallest absolute Gasteiger partial charge is 0.267 e. The Morgan fingerprint density at radius 3 is 2.86 bits per heavy atom. The third kappa shape index (κ3) is 2.49. The van der Waals surface area contributed by atoms with Gasteiger partial charge in [-0.3, -0.25) is 14.4 Å². The number of likely N-dealkylation sites (N-methyl/N-ethyl adjacent to an activating group) is 1. The highest BCUT2D eigenvalue weighted by Crippen LogP contribution is 2.35. The van der Waals surface area contributed by atoms with Gasteiger partial charge in [-0.2, -0.15) is 0 Å². The third-order valence-corrected chi connectivity index (χ3v) is 3.88. The first-order valence-corrected chi connectivity index (χ1v) is 7.14. The second-order valence-corrected chi connectivity index (χ2v) is 5.49. The fourth-order valence-electron chi connectivity index (χ4n) is 2.63. The average Bonchev–Trinajstić information content (AvgIpc) is 2.92. The molecule has 2 heterocycles.